The first kappa shape index (κ1) is 18.0. The fourth-order valence-electron chi connectivity index (χ4n) is 2.39. The van der Waals surface area contributed by atoms with Gasteiger partial charge in [-0.05, 0) is 30.1 Å². The normalized spacial score (nSPS) is 19.0. The molecule has 0 N–H and O–H groups in total. The minimum Gasteiger partial charge on any atom is -0.445 e. The highest BCUT2D eigenvalue weighted by Gasteiger charge is 2.41. The highest BCUT2D eigenvalue weighted by molar-refractivity contribution is 6.74. The molecule has 1 aliphatic heterocycles. The van der Waals surface area contributed by atoms with Gasteiger partial charge in [-0.2, -0.15) is 0 Å². The van der Waals surface area contributed by atoms with E-state index >= 15 is 0 Å². The van der Waals surface area contributed by atoms with Crippen LogP contribution in [0.1, 0.15) is 32.8 Å². The van der Waals surface area contributed by atoms with Gasteiger partial charge < -0.3 is 14.1 Å². The Labute approximate surface area is 140 Å². The molecule has 0 bridgehead atoms. The molecule has 0 radical (unpaired) electrons. The highest BCUT2D eigenvalue weighted by atomic mass is 28.4. The first-order chi connectivity index (χ1) is 10.7. The molecule has 5 heteroatoms. The van der Waals surface area contributed by atoms with Crippen molar-refractivity contribution in [3.63, 3.8) is 0 Å². The van der Waals surface area contributed by atoms with Crippen molar-refractivity contribution in [3.8, 4) is 0 Å². The lowest BCUT2D eigenvalue weighted by molar-refractivity contribution is 0.0980. The third kappa shape index (κ3) is 4.82. The van der Waals surface area contributed by atoms with Crippen LogP contribution in [0.5, 0.6) is 0 Å². The molecule has 128 valence electrons. The van der Waals surface area contributed by atoms with Gasteiger partial charge in [-0.1, -0.05) is 51.1 Å². The Bertz CT molecular complexity index is 525. The van der Waals surface area contributed by atoms with Crippen LogP contribution in [-0.4, -0.2) is 38.5 Å². The van der Waals surface area contributed by atoms with Crippen LogP contribution in [0.4, 0.5) is 4.79 Å². The molecule has 1 amide bonds. The third-order valence-corrected chi connectivity index (χ3v) is 9.41. The fraction of sp³-hybridized carbons (Fsp3) is 0.611. The average molecular weight is 336 g/mol. The maximum atomic E-state index is 12.2. The molecular formula is C18H29NO3Si. The molecule has 0 saturated carbocycles. The molecule has 1 aliphatic rings. The monoisotopic (exact) mass is 335 g/mol. The number of benzene rings is 1. The number of rotatable bonds is 4. The molecule has 1 aromatic rings. The molecular weight excluding hydrogens is 306 g/mol. The zero-order valence-corrected chi connectivity index (χ0v) is 16.0. The molecule has 1 saturated heterocycles. The van der Waals surface area contributed by atoms with Gasteiger partial charge >= 0.3 is 6.09 Å². The Morgan fingerprint density at radius 2 is 1.91 bits per heavy atom. The second-order valence-corrected chi connectivity index (χ2v) is 12.5. The summed E-state index contributed by atoms with van der Waals surface area (Å²) in [6.45, 7) is 12.9. The van der Waals surface area contributed by atoms with E-state index in [1.54, 1.807) is 4.90 Å². The summed E-state index contributed by atoms with van der Waals surface area (Å²) in [7, 11) is -1.78. The molecule has 2 rings (SSSR count). The summed E-state index contributed by atoms with van der Waals surface area (Å²) >= 11 is 0. The molecule has 0 spiro atoms. The van der Waals surface area contributed by atoms with E-state index in [-0.39, 0.29) is 17.2 Å². The number of hydrogen-bond donors (Lipinski definition) is 0. The Balaban J connectivity index is 1.81. The Morgan fingerprint density at radius 3 is 2.52 bits per heavy atom. The van der Waals surface area contributed by atoms with E-state index in [9.17, 15) is 4.79 Å². The lowest BCUT2D eigenvalue weighted by Crippen LogP contribution is -2.44. The van der Waals surface area contributed by atoms with Gasteiger partial charge in [-0.15, -0.1) is 0 Å². The van der Waals surface area contributed by atoms with E-state index in [1.807, 2.05) is 30.3 Å². The molecule has 0 aliphatic carbocycles. The van der Waals surface area contributed by atoms with Gasteiger partial charge in [-0.3, -0.25) is 0 Å². The van der Waals surface area contributed by atoms with Crippen molar-refractivity contribution in [2.75, 3.05) is 13.1 Å². The topological polar surface area (TPSA) is 38.8 Å². The molecule has 1 fully saturated rings. The maximum Gasteiger partial charge on any atom is 0.410 e. The van der Waals surface area contributed by atoms with Crippen LogP contribution in [0, 0.1) is 0 Å². The van der Waals surface area contributed by atoms with E-state index in [2.05, 4.69) is 33.9 Å². The number of likely N-dealkylation sites (tertiary alicyclic amines) is 1. The average Bonchev–Trinajstić information content (AvgIpc) is 2.92. The van der Waals surface area contributed by atoms with Crippen LogP contribution < -0.4 is 0 Å². The van der Waals surface area contributed by atoms with E-state index in [1.165, 1.54) is 0 Å². The second kappa shape index (κ2) is 7.05. The molecule has 1 aromatic carbocycles. The van der Waals surface area contributed by atoms with Crippen LogP contribution in [0.3, 0.4) is 0 Å². The quantitative estimate of drug-likeness (QED) is 0.765. The van der Waals surface area contributed by atoms with E-state index < -0.39 is 8.32 Å². The van der Waals surface area contributed by atoms with Crippen molar-refractivity contribution in [1.29, 1.82) is 0 Å². The van der Waals surface area contributed by atoms with E-state index in [4.69, 9.17) is 9.16 Å². The van der Waals surface area contributed by atoms with Crippen LogP contribution in [0.15, 0.2) is 30.3 Å². The predicted octanol–water partition coefficient (Wildman–Crippen LogP) is 4.42. The number of carbonyl (C=O) groups is 1. The highest BCUT2D eigenvalue weighted by Crippen LogP contribution is 2.38. The Morgan fingerprint density at radius 1 is 1.26 bits per heavy atom. The Hall–Kier alpha value is -1.33. The first-order valence-electron chi connectivity index (χ1n) is 8.32. The Kier molecular flexibility index (Phi) is 5.52. The summed E-state index contributed by atoms with van der Waals surface area (Å²) in [5.41, 5.74) is 1.01. The van der Waals surface area contributed by atoms with E-state index in [0.29, 0.717) is 19.7 Å². The van der Waals surface area contributed by atoms with Crippen molar-refractivity contribution in [2.24, 2.45) is 0 Å². The number of carbonyl (C=O) groups excluding carboxylic acids is 1. The van der Waals surface area contributed by atoms with Crippen molar-refractivity contribution in [2.45, 2.75) is 58.0 Å². The molecule has 0 aromatic heterocycles. The smallest absolute Gasteiger partial charge is 0.410 e. The maximum absolute atomic E-state index is 12.2. The SMILES string of the molecule is CC(C)(C)[Si](C)(C)O[C@@H]1CCN(C(=O)OCc2ccccc2)C1. The third-order valence-electron chi connectivity index (χ3n) is 4.88. The van der Waals surface area contributed by atoms with Crippen molar-refractivity contribution >= 4 is 14.4 Å². The van der Waals surface area contributed by atoms with Crippen LogP contribution in [-0.2, 0) is 15.8 Å². The predicted molar refractivity (Wildman–Crippen MR) is 94.9 cm³/mol. The van der Waals surface area contributed by atoms with Gasteiger partial charge in [-0.25, -0.2) is 4.79 Å². The van der Waals surface area contributed by atoms with Crippen LogP contribution >= 0.6 is 0 Å². The van der Waals surface area contributed by atoms with Crippen LogP contribution in [0.25, 0.3) is 0 Å². The fourth-order valence-corrected chi connectivity index (χ4v) is 3.77. The second-order valence-electron chi connectivity index (χ2n) is 7.78. The van der Waals surface area contributed by atoms with Crippen molar-refractivity contribution in [3.05, 3.63) is 35.9 Å². The number of nitrogens with zero attached hydrogens (tertiary/aromatic N) is 1. The zero-order chi connectivity index (χ0) is 17.1. The summed E-state index contributed by atoms with van der Waals surface area (Å²) in [5, 5.41) is 0.189. The molecule has 1 heterocycles. The number of amides is 1. The zero-order valence-electron chi connectivity index (χ0n) is 15.0. The molecule has 0 unspecified atom stereocenters. The van der Waals surface area contributed by atoms with E-state index in [0.717, 1.165) is 12.0 Å². The number of ether oxygens (including phenoxy) is 1. The molecule has 1 atom stereocenters. The van der Waals surface area contributed by atoms with Crippen LogP contribution in [0.2, 0.25) is 18.1 Å². The summed E-state index contributed by atoms with van der Waals surface area (Å²) in [4.78, 5) is 14.0. The first-order valence-corrected chi connectivity index (χ1v) is 11.2. The van der Waals surface area contributed by atoms with Gasteiger partial charge in [0.1, 0.15) is 6.61 Å². The van der Waals surface area contributed by atoms with Crippen molar-refractivity contribution < 1.29 is 14.0 Å². The van der Waals surface area contributed by atoms with Gasteiger partial charge in [0.05, 0.1) is 6.10 Å². The lowest BCUT2D eigenvalue weighted by Gasteiger charge is -2.38. The van der Waals surface area contributed by atoms with Gasteiger partial charge in [0.15, 0.2) is 8.32 Å². The summed E-state index contributed by atoms with van der Waals surface area (Å²) < 4.78 is 11.8. The minimum atomic E-state index is -1.78. The van der Waals surface area contributed by atoms with Crippen molar-refractivity contribution in [1.82, 2.24) is 4.90 Å². The minimum absolute atomic E-state index is 0.139. The van der Waals surface area contributed by atoms with Gasteiger partial charge in [0.2, 0.25) is 0 Å². The largest absolute Gasteiger partial charge is 0.445 e. The standard InChI is InChI=1S/C18H29NO3Si/c1-18(2,3)23(4,5)22-16-11-12-19(13-16)17(20)21-14-15-9-7-6-8-10-15/h6-10,16H,11-14H2,1-5H3/t16-/m1/s1. The van der Waals surface area contributed by atoms with Gasteiger partial charge in [0.25, 0.3) is 0 Å². The summed E-state index contributed by atoms with van der Waals surface area (Å²) in [6, 6.07) is 9.76. The summed E-state index contributed by atoms with van der Waals surface area (Å²) in [5.74, 6) is 0. The van der Waals surface area contributed by atoms with Gasteiger partial charge in [0, 0.05) is 13.1 Å². The molecule has 23 heavy (non-hydrogen) atoms. The number of hydrogen-bond acceptors (Lipinski definition) is 3. The summed E-state index contributed by atoms with van der Waals surface area (Å²) in [6.07, 6.45) is 0.794. The molecule has 4 nitrogen and oxygen atoms in total. The lowest BCUT2D eigenvalue weighted by atomic mass is 10.2.